The number of morpholine rings is 2. The first-order valence-electron chi connectivity index (χ1n) is 7.66. The molecule has 2 aliphatic rings. The average molecular weight is 355 g/mol. The lowest BCUT2D eigenvalue weighted by Gasteiger charge is -2.31. The summed E-state index contributed by atoms with van der Waals surface area (Å²) in [6.45, 7) is 5.35. The van der Waals surface area contributed by atoms with Crippen LogP contribution in [0.2, 0.25) is 0 Å². The number of aromatic nitrogens is 3. The molecule has 0 atom stereocenters. The van der Waals surface area contributed by atoms with Gasteiger partial charge in [-0.1, -0.05) is 0 Å². The summed E-state index contributed by atoms with van der Waals surface area (Å²) in [5, 5.41) is 1.12. The predicted molar refractivity (Wildman–Crippen MR) is 92.5 cm³/mol. The second-order valence-electron chi connectivity index (χ2n) is 5.28. The number of rotatable bonds is 4. The van der Waals surface area contributed by atoms with Crippen molar-refractivity contribution < 1.29 is 9.47 Å². The number of anilines is 3. The Hall–Kier alpha value is -2.02. The van der Waals surface area contributed by atoms with Crippen molar-refractivity contribution in [1.82, 2.24) is 20.4 Å². The van der Waals surface area contributed by atoms with Gasteiger partial charge in [0.1, 0.15) is 0 Å². The van der Waals surface area contributed by atoms with E-state index in [2.05, 4.69) is 20.4 Å². The summed E-state index contributed by atoms with van der Waals surface area (Å²) in [6.07, 6.45) is 0. The highest BCUT2D eigenvalue weighted by Crippen LogP contribution is 2.19. The standard InChI is InChI=1S/C12H21N9O2S/c13-9(24)18-21(14)12-16-10(19-1-5-22-6-2-19)15-11(17-12)20-3-7-23-8-4-20/h1-8,14H2,(H3,13,18,24). The fourth-order valence-corrected chi connectivity index (χ4v) is 2.53. The molecule has 1 aromatic heterocycles. The zero-order chi connectivity index (χ0) is 16.9. The molecule has 0 aliphatic carbocycles. The lowest BCUT2D eigenvalue weighted by Crippen LogP contribution is -2.51. The molecule has 0 amide bonds. The van der Waals surface area contributed by atoms with Gasteiger partial charge in [0.15, 0.2) is 5.11 Å². The van der Waals surface area contributed by atoms with E-state index in [9.17, 15) is 0 Å². The number of nitrogens with one attached hydrogen (secondary N) is 1. The van der Waals surface area contributed by atoms with E-state index in [1.165, 1.54) is 0 Å². The van der Waals surface area contributed by atoms with Gasteiger partial charge in [0, 0.05) is 26.2 Å². The number of ether oxygens (including phenoxy) is 2. The van der Waals surface area contributed by atoms with E-state index < -0.39 is 0 Å². The van der Waals surface area contributed by atoms with Crippen LogP contribution in [-0.4, -0.2) is 72.7 Å². The summed E-state index contributed by atoms with van der Waals surface area (Å²) < 4.78 is 10.8. The number of nitrogens with zero attached hydrogens (tertiary/aromatic N) is 6. The highest BCUT2D eigenvalue weighted by molar-refractivity contribution is 7.80. The lowest BCUT2D eigenvalue weighted by molar-refractivity contribution is 0.121. The summed E-state index contributed by atoms with van der Waals surface area (Å²) >= 11 is 4.81. The molecule has 3 heterocycles. The molecular formula is C12H21N9O2S. The molecule has 0 aromatic carbocycles. The Labute approximate surface area is 144 Å². The first kappa shape index (κ1) is 16.8. The molecule has 0 saturated carbocycles. The largest absolute Gasteiger partial charge is 0.378 e. The molecule has 2 aliphatic heterocycles. The Morgan fingerprint density at radius 2 is 1.42 bits per heavy atom. The minimum absolute atomic E-state index is 0.0266. The number of hydrogen-bond donors (Lipinski definition) is 3. The van der Waals surface area contributed by atoms with Crippen LogP contribution in [0.1, 0.15) is 0 Å². The van der Waals surface area contributed by atoms with Gasteiger partial charge in [0.05, 0.1) is 26.4 Å². The Balaban J connectivity index is 1.89. The fourth-order valence-electron chi connectivity index (χ4n) is 2.43. The molecular weight excluding hydrogens is 334 g/mol. The van der Waals surface area contributed by atoms with Crippen molar-refractivity contribution in [2.24, 2.45) is 11.6 Å². The van der Waals surface area contributed by atoms with Crippen LogP contribution in [0.4, 0.5) is 17.8 Å². The normalized spacial score (nSPS) is 18.4. The lowest BCUT2D eigenvalue weighted by atomic mass is 10.4. The summed E-state index contributed by atoms with van der Waals surface area (Å²) in [5.41, 5.74) is 8.07. The van der Waals surface area contributed by atoms with Crippen LogP contribution >= 0.6 is 12.2 Å². The first-order valence-corrected chi connectivity index (χ1v) is 8.06. The summed E-state index contributed by atoms with van der Waals surface area (Å²) in [4.78, 5) is 17.5. The zero-order valence-electron chi connectivity index (χ0n) is 13.2. The van der Waals surface area contributed by atoms with Crippen molar-refractivity contribution in [2.75, 3.05) is 67.5 Å². The number of hydrogen-bond acceptors (Lipinski definition) is 10. The third kappa shape index (κ3) is 4.08. The van der Waals surface area contributed by atoms with Gasteiger partial charge in [-0.2, -0.15) is 20.1 Å². The molecule has 11 nitrogen and oxygen atoms in total. The highest BCUT2D eigenvalue weighted by Gasteiger charge is 2.22. The predicted octanol–water partition coefficient (Wildman–Crippen LogP) is -2.03. The molecule has 0 radical (unpaired) electrons. The van der Waals surface area contributed by atoms with Gasteiger partial charge in [0.2, 0.25) is 11.9 Å². The average Bonchev–Trinajstić information content (AvgIpc) is 2.62. The summed E-state index contributed by atoms with van der Waals surface area (Å²) in [6, 6.07) is 0. The van der Waals surface area contributed by atoms with Gasteiger partial charge >= 0.3 is 0 Å². The SMILES string of the molecule is NC(=S)NN(N)c1nc(N2CCOCC2)nc(N2CCOCC2)n1. The van der Waals surface area contributed by atoms with E-state index in [0.717, 1.165) is 5.12 Å². The monoisotopic (exact) mass is 355 g/mol. The van der Waals surface area contributed by atoms with Gasteiger partial charge in [-0.25, -0.2) is 5.84 Å². The van der Waals surface area contributed by atoms with Crippen LogP contribution in [0.5, 0.6) is 0 Å². The van der Waals surface area contributed by atoms with E-state index in [0.29, 0.717) is 64.5 Å². The number of thiocarbonyl (C=S) groups is 1. The third-order valence-corrected chi connectivity index (χ3v) is 3.73. The topological polar surface area (TPSA) is 131 Å². The van der Waals surface area contributed by atoms with Crippen molar-refractivity contribution in [3.8, 4) is 0 Å². The van der Waals surface area contributed by atoms with Crippen molar-refractivity contribution in [1.29, 1.82) is 0 Å². The van der Waals surface area contributed by atoms with Crippen LogP contribution in [0.15, 0.2) is 0 Å². The Morgan fingerprint density at radius 1 is 0.958 bits per heavy atom. The second-order valence-corrected chi connectivity index (χ2v) is 5.72. The maximum Gasteiger partial charge on any atom is 0.266 e. The molecule has 2 fully saturated rings. The summed E-state index contributed by atoms with van der Waals surface area (Å²) in [7, 11) is 0. The van der Waals surface area contributed by atoms with Crippen LogP contribution in [0, 0.1) is 0 Å². The van der Waals surface area contributed by atoms with Crippen molar-refractivity contribution in [2.45, 2.75) is 0 Å². The maximum absolute atomic E-state index is 5.91. The molecule has 0 bridgehead atoms. The summed E-state index contributed by atoms with van der Waals surface area (Å²) in [5.74, 6) is 7.24. The molecule has 24 heavy (non-hydrogen) atoms. The first-order chi connectivity index (χ1) is 11.6. The Bertz CT molecular complexity index is 541. The molecule has 12 heteroatoms. The van der Waals surface area contributed by atoms with Crippen LogP contribution < -0.4 is 31.9 Å². The van der Waals surface area contributed by atoms with Gasteiger partial charge in [-0.3, -0.25) is 5.43 Å². The van der Waals surface area contributed by atoms with Crippen LogP contribution in [0.25, 0.3) is 0 Å². The maximum atomic E-state index is 5.91. The number of hydrazine groups is 2. The van der Waals surface area contributed by atoms with Gasteiger partial charge < -0.3 is 25.0 Å². The quantitative estimate of drug-likeness (QED) is 0.313. The molecule has 0 unspecified atom stereocenters. The molecule has 1 aromatic rings. The second kappa shape index (κ2) is 7.70. The van der Waals surface area contributed by atoms with E-state index in [-0.39, 0.29) is 11.1 Å². The van der Waals surface area contributed by atoms with Gasteiger partial charge in [-0.15, -0.1) is 0 Å². The molecule has 132 valence electrons. The Morgan fingerprint density at radius 3 is 1.83 bits per heavy atom. The minimum Gasteiger partial charge on any atom is -0.378 e. The number of nitrogens with two attached hydrogens (primary N) is 2. The molecule has 2 saturated heterocycles. The highest BCUT2D eigenvalue weighted by atomic mass is 32.1. The van der Waals surface area contributed by atoms with E-state index in [1.807, 2.05) is 9.80 Å². The Kier molecular flexibility index (Phi) is 5.40. The minimum atomic E-state index is 0.0266. The van der Waals surface area contributed by atoms with Crippen molar-refractivity contribution in [3.63, 3.8) is 0 Å². The third-order valence-electron chi connectivity index (χ3n) is 3.63. The van der Waals surface area contributed by atoms with Crippen LogP contribution in [0.3, 0.4) is 0 Å². The molecule has 3 rings (SSSR count). The van der Waals surface area contributed by atoms with Crippen molar-refractivity contribution in [3.05, 3.63) is 0 Å². The smallest absolute Gasteiger partial charge is 0.266 e. The fraction of sp³-hybridized carbons (Fsp3) is 0.667. The van der Waals surface area contributed by atoms with E-state index in [1.54, 1.807) is 0 Å². The van der Waals surface area contributed by atoms with Crippen LogP contribution in [-0.2, 0) is 9.47 Å². The van der Waals surface area contributed by atoms with E-state index >= 15 is 0 Å². The van der Waals surface area contributed by atoms with Gasteiger partial charge in [-0.05, 0) is 12.2 Å². The molecule has 5 N–H and O–H groups in total. The zero-order valence-corrected chi connectivity index (χ0v) is 14.0. The van der Waals surface area contributed by atoms with Gasteiger partial charge in [0.25, 0.3) is 5.95 Å². The van der Waals surface area contributed by atoms with Crippen molar-refractivity contribution >= 4 is 35.2 Å². The molecule has 0 spiro atoms. The van der Waals surface area contributed by atoms with E-state index in [4.69, 9.17) is 33.3 Å².